The summed E-state index contributed by atoms with van der Waals surface area (Å²) < 4.78 is 0. The fraction of sp³-hybridized carbons (Fsp3) is 0.600. The molecule has 0 fully saturated rings. The average Bonchev–Trinajstić information content (AvgIpc) is 2.44. The van der Waals surface area contributed by atoms with Gasteiger partial charge in [-0.25, -0.2) is 0 Å². The lowest BCUT2D eigenvalue weighted by atomic mass is 10.1. The Balaban J connectivity index is 2.13. The average molecular weight is 250 g/mol. The van der Waals surface area contributed by atoms with Crippen molar-refractivity contribution < 1.29 is 9.59 Å². The number of carbonyl (C=O) groups excluding carboxylic acids is 2. The van der Waals surface area contributed by atoms with Crippen molar-refractivity contribution in [2.45, 2.75) is 36.9 Å². The summed E-state index contributed by atoms with van der Waals surface area (Å²) in [7, 11) is 0. The van der Waals surface area contributed by atoms with Crippen LogP contribution < -0.4 is 5.32 Å². The van der Waals surface area contributed by atoms with Gasteiger partial charge in [-0.15, -0.1) is 23.2 Å². The molecule has 1 N–H and O–H groups in total. The van der Waals surface area contributed by atoms with Gasteiger partial charge in [0, 0.05) is 11.6 Å². The van der Waals surface area contributed by atoms with Crippen molar-refractivity contribution in [1.29, 1.82) is 0 Å². The van der Waals surface area contributed by atoms with Crippen LogP contribution in [0.1, 0.15) is 32.1 Å². The number of alkyl halides is 2. The summed E-state index contributed by atoms with van der Waals surface area (Å²) in [5, 5.41) is 2.21. The van der Waals surface area contributed by atoms with Crippen molar-refractivity contribution in [3.63, 3.8) is 0 Å². The standard InChI is InChI=1S/C10H13Cl2NO2/c11-8(12)5-3-1-2-4-7-6-9(14)13-10(7)15/h6,8H,1-5H2,(H,13,14,15). The van der Waals surface area contributed by atoms with Gasteiger partial charge in [-0.2, -0.15) is 0 Å². The minimum atomic E-state index is -0.309. The van der Waals surface area contributed by atoms with Crippen LogP contribution in [0.4, 0.5) is 0 Å². The topological polar surface area (TPSA) is 46.2 Å². The Morgan fingerprint density at radius 3 is 2.47 bits per heavy atom. The summed E-state index contributed by atoms with van der Waals surface area (Å²) in [6, 6.07) is 0. The van der Waals surface area contributed by atoms with Crippen LogP contribution >= 0.6 is 23.2 Å². The Hall–Kier alpha value is -0.540. The molecule has 1 heterocycles. The summed E-state index contributed by atoms with van der Waals surface area (Å²) in [6.07, 6.45) is 5.58. The van der Waals surface area contributed by atoms with Gasteiger partial charge in [-0.1, -0.05) is 12.8 Å². The van der Waals surface area contributed by atoms with Crippen LogP contribution in [-0.2, 0) is 9.59 Å². The lowest BCUT2D eigenvalue weighted by Crippen LogP contribution is -2.22. The highest BCUT2D eigenvalue weighted by Crippen LogP contribution is 2.16. The highest BCUT2D eigenvalue weighted by atomic mass is 35.5. The van der Waals surface area contributed by atoms with Gasteiger partial charge in [0.05, 0.1) is 0 Å². The first kappa shape index (κ1) is 12.5. The Morgan fingerprint density at radius 1 is 1.20 bits per heavy atom. The van der Waals surface area contributed by atoms with E-state index in [0.717, 1.165) is 25.7 Å². The van der Waals surface area contributed by atoms with Gasteiger partial charge in [0.2, 0.25) is 0 Å². The van der Waals surface area contributed by atoms with E-state index in [1.807, 2.05) is 0 Å². The first-order chi connectivity index (χ1) is 7.09. The maximum Gasteiger partial charge on any atom is 0.254 e. The van der Waals surface area contributed by atoms with E-state index < -0.39 is 0 Å². The third-order valence-corrected chi connectivity index (χ3v) is 2.64. The summed E-state index contributed by atoms with van der Waals surface area (Å²) in [5.74, 6) is -0.566. The van der Waals surface area contributed by atoms with E-state index in [9.17, 15) is 9.59 Å². The van der Waals surface area contributed by atoms with Gasteiger partial charge in [0.15, 0.2) is 0 Å². The zero-order valence-electron chi connectivity index (χ0n) is 8.26. The Kier molecular flexibility index (Phi) is 5.12. The van der Waals surface area contributed by atoms with Crippen LogP contribution in [0, 0.1) is 0 Å². The monoisotopic (exact) mass is 249 g/mol. The third kappa shape index (κ3) is 4.67. The number of hydrogen-bond acceptors (Lipinski definition) is 2. The quantitative estimate of drug-likeness (QED) is 0.446. The summed E-state index contributed by atoms with van der Waals surface area (Å²) in [5.41, 5.74) is 0.577. The number of rotatable bonds is 6. The van der Waals surface area contributed by atoms with E-state index in [0.29, 0.717) is 12.0 Å². The predicted octanol–water partition coefficient (Wildman–Crippen LogP) is 2.32. The molecule has 0 aromatic rings. The molecule has 0 aromatic carbocycles. The highest BCUT2D eigenvalue weighted by molar-refractivity contribution is 6.44. The third-order valence-electron chi connectivity index (χ3n) is 2.20. The van der Waals surface area contributed by atoms with Crippen LogP contribution in [0.25, 0.3) is 0 Å². The van der Waals surface area contributed by atoms with Gasteiger partial charge in [0.1, 0.15) is 4.84 Å². The molecule has 0 unspecified atom stereocenters. The molecule has 0 aliphatic carbocycles. The maximum absolute atomic E-state index is 11.1. The molecule has 0 aromatic heterocycles. The molecule has 0 spiro atoms. The SMILES string of the molecule is O=C1C=C(CCCCCC(Cl)Cl)C(=O)N1. The van der Waals surface area contributed by atoms with E-state index in [1.54, 1.807) is 0 Å². The van der Waals surface area contributed by atoms with Crippen LogP contribution in [0.3, 0.4) is 0 Å². The minimum absolute atomic E-state index is 0.257. The van der Waals surface area contributed by atoms with Crippen molar-refractivity contribution in [3.05, 3.63) is 11.6 Å². The van der Waals surface area contributed by atoms with Crippen molar-refractivity contribution in [3.8, 4) is 0 Å². The van der Waals surface area contributed by atoms with Crippen LogP contribution in [0.15, 0.2) is 11.6 Å². The fourth-order valence-corrected chi connectivity index (χ4v) is 1.74. The number of nitrogens with one attached hydrogen (secondary N) is 1. The highest BCUT2D eigenvalue weighted by Gasteiger charge is 2.19. The number of amides is 2. The van der Waals surface area contributed by atoms with Crippen molar-refractivity contribution in [1.82, 2.24) is 5.32 Å². The molecule has 1 aliphatic heterocycles. The number of imide groups is 1. The number of hydrogen-bond donors (Lipinski definition) is 1. The first-order valence-corrected chi connectivity index (χ1v) is 5.81. The Morgan fingerprint density at radius 2 is 1.93 bits per heavy atom. The molecule has 2 amide bonds. The molecule has 3 nitrogen and oxygen atoms in total. The molecule has 1 aliphatic rings. The van der Waals surface area contributed by atoms with E-state index >= 15 is 0 Å². The molecular formula is C10H13Cl2NO2. The van der Waals surface area contributed by atoms with Gasteiger partial charge in [-0.05, 0) is 19.3 Å². The Bertz CT molecular complexity index is 287. The molecule has 0 saturated carbocycles. The van der Waals surface area contributed by atoms with Gasteiger partial charge < -0.3 is 0 Å². The van der Waals surface area contributed by atoms with Gasteiger partial charge in [0.25, 0.3) is 11.8 Å². The van der Waals surface area contributed by atoms with E-state index in [-0.39, 0.29) is 16.7 Å². The van der Waals surface area contributed by atoms with E-state index in [1.165, 1.54) is 6.08 Å². The number of halogens is 2. The fourth-order valence-electron chi connectivity index (χ4n) is 1.43. The van der Waals surface area contributed by atoms with E-state index in [4.69, 9.17) is 23.2 Å². The van der Waals surface area contributed by atoms with Crippen molar-refractivity contribution in [2.75, 3.05) is 0 Å². The number of carbonyl (C=O) groups is 2. The van der Waals surface area contributed by atoms with E-state index in [2.05, 4.69) is 5.32 Å². The molecular weight excluding hydrogens is 237 g/mol. The van der Waals surface area contributed by atoms with Crippen molar-refractivity contribution >= 4 is 35.0 Å². The zero-order chi connectivity index (χ0) is 11.3. The second kappa shape index (κ2) is 6.13. The summed E-state index contributed by atoms with van der Waals surface area (Å²) >= 11 is 11.1. The van der Waals surface area contributed by atoms with Crippen molar-refractivity contribution in [2.24, 2.45) is 0 Å². The van der Waals surface area contributed by atoms with Crippen LogP contribution in [0.5, 0.6) is 0 Å². The minimum Gasteiger partial charge on any atom is -0.289 e. The molecule has 0 radical (unpaired) electrons. The van der Waals surface area contributed by atoms with Gasteiger partial charge >= 0.3 is 0 Å². The predicted molar refractivity (Wildman–Crippen MR) is 59.8 cm³/mol. The second-order valence-electron chi connectivity index (χ2n) is 3.48. The van der Waals surface area contributed by atoms with Crippen LogP contribution in [0.2, 0.25) is 0 Å². The summed E-state index contributed by atoms with van der Waals surface area (Å²) in [6.45, 7) is 0. The normalized spacial score (nSPS) is 15.8. The smallest absolute Gasteiger partial charge is 0.254 e. The van der Waals surface area contributed by atoms with Gasteiger partial charge in [-0.3, -0.25) is 14.9 Å². The molecule has 0 bridgehead atoms. The lowest BCUT2D eigenvalue weighted by molar-refractivity contribution is -0.123. The largest absolute Gasteiger partial charge is 0.289 e. The molecule has 5 heteroatoms. The molecule has 84 valence electrons. The maximum atomic E-state index is 11.1. The molecule has 0 atom stereocenters. The first-order valence-electron chi connectivity index (χ1n) is 4.93. The molecule has 0 saturated heterocycles. The number of unbranched alkanes of at least 4 members (excludes halogenated alkanes) is 2. The Labute approximate surface area is 98.8 Å². The van der Waals surface area contributed by atoms with Crippen LogP contribution in [-0.4, -0.2) is 16.7 Å². The molecule has 1 rings (SSSR count). The molecule has 15 heavy (non-hydrogen) atoms. The summed E-state index contributed by atoms with van der Waals surface area (Å²) in [4.78, 5) is 21.6. The zero-order valence-corrected chi connectivity index (χ0v) is 9.77. The lowest BCUT2D eigenvalue weighted by Gasteiger charge is -2.01. The second-order valence-corrected chi connectivity index (χ2v) is 4.76.